The normalized spacial score (nSPS) is 29.0. The lowest BCUT2D eigenvalue weighted by atomic mass is 9.85. The highest BCUT2D eigenvalue weighted by Gasteiger charge is 2.74. The summed E-state index contributed by atoms with van der Waals surface area (Å²) in [5, 5.41) is 11.0. The molecule has 1 heterocycles. The van der Waals surface area contributed by atoms with E-state index in [1.807, 2.05) is 0 Å². The van der Waals surface area contributed by atoms with Crippen molar-refractivity contribution in [3.05, 3.63) is 0 Å². The van der Waals surface area contributed by atoms with Gasteiger partial charge in [-0.15, -0.1) is 23.2 Å². The molecule has 2 aliphatic rings. The van der Waals surface area contributed by atoms with Crippen molar-refractivity contribution in [1.29, 1.82) is 0 Å². The Hall–Kier alpha value is -1.22. The lowest BCUT2D eigenvalue weighted by molar-refractivity contribution is -0.176. The van der Waals surface area contributed by atoms with Crippen LogP contribution in [0, 0.1) is 17.3 Å². The number of amides is 2. The SMILES string of the molecule is CC(C)(C)[C@H](NC(=O)C(F)(F)F)C(=O)N1C[C@H]2[C@@H]([C@H]1C(=O)O)C2(Cl)Cl. The summed E-state index contributed by atoms with van der Waals surface area (Å²) < 4.78 is 36.4. The smallest absolute Gasteiger partial charge is 0.471 e. The van der Waals surface area contributed by atoms with Crippen LogP contribution in [0.1, 0.15) is 20.8 Å². The number of likely N-dealkylation sites (tertiary alicyclic amines) is 1. The van der Waals surface area contributed by atoms with E-state index < -0.39 is 57.6 Å². The lowest BCUT2D eigenvalue weighted by Crippen LogP contribution is -2.59. The van der Waals surface area contributed by atoms with Crippen LogP contribution in [-0.2, 0) is 14.4 Å². The predicted molar refractivity (Wildman–Crippen MR) is 82.0 cm³/mol. The summed E-state index contributed by atoms with van der Waals surface area (Å²) >= 11 is 12.0. The molecule has 142 valence electrons. The molecule has 0 radical (unpaired) electrons. The van der Waals surface area contributed by atoms with Crippen LogP contribution in [0.5, 0.6) is 0 Å². The summed E-state index contributed by atoms with van der Waals surface area (Å²) in [6, 6.07) is -2.90. The quantitative estimate of drug-likeness (QED) is 0.702. The number of piperidine rings is 1. The second kappa shape index (κ2) is 5.90. The number of halogens is 5. The Bertz CT molecular complexity index is 618. The minimum absolute atomic E-state index is 0.0953. The highest BCUT2D eigenvalue weighted by molar-refractivity contribution is 6.51. The van der Waals surface area contributed by atoms with Gasteiger partial charge in [-0.3, -0.25) is 9.59 Å². The Morgan fingerprint density at radius 1 is 1.24 bits per heavy atom. The van der Waals surface area contributed by atoms with E-state index in [9.17, 15) is 32.7 Å². The molecule has 0 spiro atoms. The molecule has 0 bridgehead atoms. The Kier molecular flexibility index (Phi) is 4.75. The van der Waals surface area contributed by atoms with Crippen molar-refractivity contribution >= 4 is 41.0 Å². The van der Waals surface area contributed by atoms with Crippen molar-refractivity contribution in [2.45, 2.75) is 43.4 Å². The molecule has 2 amide bonds. The summed E-state index contributed by atoms with van der Waals surface area (Å²) in [6.07, 6.45) is -5.16. The molecule has 6 nitrogen and oxygen atoms in total. The fourth-order valence-electron chi connectivity index (χ4n) is 3.14. The van der Waals surface area contributed by atoms with Gasteiger partial charge in [0.2, 0.25) is 5.91 Å². The zero-order valence-electron chi connectivity index (χ0n) is 13.5. The molecule has 2 N–H and O–H groups in total. The Labute approximate surface area is 151 Å². The molecule has 0 aromatic heterocycles. The highest BCUT2D eigenvalue weighted by atomic mass is 35.5. The van der Waals surface area contributed by atoms with Crippen molar-refractivity contribution < 1.29 is 32.7 Å². The van der Waals surface area contributed by atoms with Crippen molar-refractivity contribution in [2.24, 2.45) is 17.3 Å². The Morgan fingerprint density at radius 3 is 2.16 bits per heavy atom. The molecule has 1 saturated carbocycles. The number of fused-ring (bicyclic) bond motifs is 1. The third-order valence-corrected chi connectivity index (χ3v) is 5.58. The first kappa shape index (κ1) is 20.1. The number of nitrogens with zero attached hydrogens (tertiary/aromatic N) is 1. The monoisotopic (exact) mass is 404 g/mol. The first-order chi connectivity index (χ1) is 11.1. The number of carboxylic acids is 1. The molecule has 1 aliphatic heterocycles. The standard InChI is InChI=1S/C14H17Cl2F3N2O4/c1-12(2,3)8(20-11(25)14(17,18)19)9(22)21-4-5-6(13(5,15)16)7(21)10(23)24/h5-8H,4H2,1-3H3,(H,20,25)(H,23,24)/t5-,6-,7-,8+/m0/s1. The van der Waals surface area contributed by atoms with Gasteiger partial charge in [0.05, 0.1) is 0 Å². The first-order valence-corrected chi connectivity index (χ1v) is 8.14. The van der Waals surface area contributed by atoms with Crippen LogP contribution >= 0.6 is 23.2 Å². The molecule has 0 unspecified atom stereocenters. The molecular weight excluding hydrogens is 388 g/mol. The lowest BCUT2D eigenvalue weighted by Gasteiger charge is -2.36. The predicted octanol–water partition coefficient (Wildman–Crippen LogP) is 1.79. The average molecular weight is 405 g/mol. The number of hydrogen-bond acceptors (Lipinski definition) is 3. The van der Waals surface area contributed by atoms with Crippen LogP contribution in [0.4, 0.5) is 13.2 Å². The van der Waals surface area contributed by atoms with E-state index in [-0.39, 0.29) is 6.54 Å². The second-order valence-corrected chi connectivity index (χ2v) is 8.80. The van der Waals surface area contributed by atoms with E-state index in [2.05, 4.69) is 0 Å². The fourth-order valence-corrected chi connectivity index (χ4v) is 3.97. The number of carboxylic acid groups (broad SMARTS) is 1. The van der Waals surface area contributed by atoms with E-state index >= 15 is 0 Å². The van der Waals surface area contributed by atoms with Gasteiger partial charge in [-0.25, -0.2) is 4.79 Å². The number of nitrogens with one attached hydrogen (secondary N) is 1. The van der Waals surface area contributed by atoms with Crippen LogP contribution < -0.4 is 5.32 Å². The zero-order chi connectivity index (χ0) is 19.5. The van der Waals surface area contributed by atoms with Crippen molar-refractivity contribution in [3.63, 3.8) is 0 Å². The van der Waals surface area contributed by atoms with Crippen LogP contribution in [0.15, 0.2) is 0 Å². The molecule has 1 saturated heterocycles. The third-order valence-electron chi connectivity index (χ3n) is 4.51. The molecule has 2 rings (SSSR count). The average Bonchev–Trinajstić information content (AvgIpc) is 2.82. The van der Waals surface area contributed by atoms with Gasteiger partial charge < -0.3 is 15.3 Å². The van der Waals surface area contributed by atoms with Gasteiger partial charge in [-0.1, -0.05) is 20.8 Å². The molecule has 0 aromatic rings. The molecule has 4 atom stereocenters. The van der Waals surface area contributed by atoms with Crippen LogP contribution in [-0.4, -0.2) is 56.9 Å². The van der Waals surface area contributed by atoms with Gasteiger partial charge in [0, 0.05) is 18.4 Å². The number of carbonyl (C=O) groups excluding carboxylic acids is 2. The summed E-state index contributed by atoms with van der Waals surface area (Å²) in [5.74, 6) is -5.69. The first-order valence-electron chi connectivity index (χ1n) is 7.39. The summed E-state index contributed by atoms with van der Waals surface area (Å²) in [6.45, 7) is 4.30. The summed E-state index contributed by atoms with van der Waals surface area (Å²) in [5.41, 5.74) is -1.08. The van der Waals surface area contributed by atoms with Crippen molar-refractivity contribution in [2.75, 3.05) is 6.54 Å². The minimum atomic E-state index is -5.16. The van der Waals surface area contributed by atoms with Crippen molar-refractivity contribution in [1.82, 2.24) is 10.2 Å². The maximum Gasteiger partial charge on any atom is 0.471 e. The van der Waals surface area contributed by atoms with Crippen LogP contribution in [0.25, 0.3) is 0 Å². The van der Waals surface area contributed by atoms with E-state index in [1.165, 1.54) is 20.8 Å². The molecule has 25 heavy (non-hydrogen) atoms. The molecule has 1 aliphatic carbocycles. The Morgan fingerprint density at radius 2 is 1.76 bits per heavy atom. The number of aliphatic carboxylic acids is 1. The van der Waals surface area contributed by atoms with Crippen molar-refractivity contribution in [3.8, 4) is 0 Å². The summed E-state index contributed by atoms with van der Waals surface area (Å²) in [7, 11) is 0. The van der Waals surface area contributed by atoms with Gasteiger partial charge in [0.25, 0.3) is 0 Å². The second-order valence-electron chi connectivity index (χ2n) is 7.35. The zero-order valence-corrected chi connectivity index (χ0v) is 15.0. The summed E-state index contributed by atoms with van der Waals surface area (Å²) in [4.78, 5) is 36.5. The number of rotatable bonds is 3. The molecule has 0 aromatic carbocycles. The van der Waals surface area contributed by atoms with E-state index in [4.69, 9.17) is 23.2 Å². The van der Waals surface area contributed by atoms with Gasteiger partial charge in [-0.05, 0) is 5.41 Å². The number of hydrogen-bond donors (Lipinski definition) is 2. The number of carbonyl (C=O) groups is 3. The molecule has 2 fully saturated rings. The van der Waals surface area contributed by atoms with E-state index in [0.29, 0.717) is 0 Å². The van der Waals surface area contributed by atoms with E-state index in [0.717, 1.165) is 4.90 Å². The number of alkyl halides is 5. The minimum Gasteiger partial charge on any atom is -0.480 e. The topological polar surface area (TPSA) is 86.7 Å². The molecule has 11 heteroatoms. The Balaban J connectivity index is 2.26. The van der Waals surface area contributed by atoms with Gasteiger partial charge in [0.1, 0.15) is 16.4 Å². The van der Waals surface area contributed by atoms with Gasteiger partial charge in [0.15, 0.2) is 0 Å². The van der Waals surface area contributed by atoms with Crippen LogP contribution in [0.2, 0.25) is 0 Å². The maximum atomic E-state index is 12.7. The maximum absolute atomic E-state index is 12.7. The fraction of sp³-hybridized carbons (Fsp3) is 0.786. The van der Waals surface area contributed by atoms with E-state index in [1.54, 1.807) is 5.32 Å². The van der Waals surface area contributed by atoms with Crippen LogP contribution in [0.3, 0.4) is 0 Å². The molecular formula is C14H17Cl2F3N2O4. The van der Waals surface area contributed by atoms with Gasteiger partial charge in [-0.2, -0.15) is 13.2 Å². The highest BCUT2D eigenvalue weighted by Crippen LogP contribution is 2.65. The third kappa shape index (κ3) is 3.53. The largest absolute Gasteiger partial charge is 0.480 e. The van der Waals surface area contributed by atoms with Gasteiger partial charge >= 0.3 is 18.1 Å².